The first-order valence-corrected chi connectivity index (χ1v) is 12.7. The average molecular weight is 489 g/mol. The molecule has 2 saturated heterocycles. The molecule has 34 heavy (non-hydrogen) atoms. The summed E-state index contributed by atoms with van der Waals surface area (Å²) in [5, 5.41) is 7.45. The van der Waals surface area contributed by atoms with E-state index in [1.54, 1.807) is 13.3 Å². The highest BCUT2D eigenvalue weighted by atomic mass is 35.5. The van der Waals surface area contributed by atoms with E-state index in [0.717, 1.165) is 82.2 Å². The second kappa shape index (κ2) is 11.9. The van der Waals surface area contributed by atoms with Gasteiger partial charge in [0.15, 0.2) is 5.82 Å². The maximum atomic E-state index is 6.48. The quantitative estimate of drug-likeness (QED) is 0.528. The SMILES string of the molecule is CCC[C@@H](Nc1nc(Nc2ccc(N3CCN(C)CC3)cc2OC)ncc1Cl)C1CCOCC1. The highest BCUT2D eigenvalue weighted by molar-refractivity contribution is 6.32. The van der Waals surface area contributed by atoms with Gasteiger partial charge in [0, 0.05) is 57.2 Å². The number of likely N-dealkylation sites (N-methyl/N-ethyl adjacent to an activating group) is 1. The molecule has 0 radical (unpaired) electrons. The zero-order valence-electron chi connectivity index (χ0n) is 20.5. The summed E-state index contributed by atoms with van der Waals surface area (Å²) >= 11 is 6.48. The summed E-state index contributed by atoms with van der Waals surface area (Å²) in [5.74, 6) is 2.46. The molecular weight excluding hydrogens is 452 g/mol. The van der Waals surface area contributed by atoms with Gasteiger partial charge in [-0.2, -0.15) is 4.98 Å². The molecule has 4 rings (SSSR count). The predicted molar refractivity (Wildman–Crippen MR) is 139 cm³/mol. The molecule has 2 aromatic rings. The summed E-state index contributed by atoms with van der Waals surface area (Å²) < 4.78 is 11.2. The van der Waals surface area contributed by atoms with E-state index >= 15 is 0 Å². The van der Waals surface area contributed by atoms with Gasteiger partial charge in [-0.25, -0.2) is 4.98 Å². The maximum Gasteiger partial charge on any atom is 0.229 e. The molecule has 186 valence electrons. The van der Waals surface area contributed by atoms with Gasteiger partial charge < -0.3 is 29.9 Å². The van der Waals surface area contributed by atoms with Crippen molar-refractivity contribution < 1.29 is 9.47 Å². The highest BCUT2D eigenvalue weighted by Crippen LogP contribution is 2.33. The second-order valence-corrected chi connectivity index (χ2v) is 9.59. The van der Waals surface area contributed by atoms with E-state index < -0.39 is 0 Å². The molecule has 8 nitrogen and oxygen atoms in total. The van der Waals surface area contributed by atoms with Crippen molar-refractivity contribution in [3.05, 3.63) is 29.4 Å². The predicted octanol–water partition coefficient (Wildman–Crippen LogP) is 4.64. The number of aromatic nitrogens is 2. The van der Waals surface area contributed by atoms with Crippen LogP contribution in [0.5, 0.6) is 5.75 Å². The number of nitrogens with one attached hydrogen (secondary N) is 2. The van der Waals surface area contributed by atoms with Crippen molar-refractivity contribution in [2.24, 2.45) is 5.92 Å². The van der Waals surface area contributed by atoms with Gasteiger partial charge in [-0.05, 0) is 44.4 Å². The third-order valence-corrected chi connectivity index (χ3v) is 7.08. The maximum absolute atomic E-state index is 6.48. The van der Waals surface area contributed by atoms with Gasteiger partial charge in [0.1, 0.15) is 10.8 Å². The van der Waals surface area contributed by atoms with Crippen LogP contribution in [0.1, 0.15) is 32.6 Å². The van der Waals surface area contributed by atoms with Crippen LogP contribution in [0.25, 0.3) is 0 Å². The van der Waals surface area contributed by atoms with Crippen LogP contribution < -0.4 is 20.3 Å². The molecule has 3 heterocycles. The van der Waals surface area contributed by atoms with Crippen molar-refractivity contribution in [3.8, 4) is 5.75 Å². The summed E-state index contributed by atoms with van der Waals surface area (Å²) in [5.41, 5.74) is 1.98. The third-order valence-electron chi connectivity index (χ3n) is 6.80. The number of anilines is 4. The number of piperazine rings is 1. The number of halogens is 1. The Balaban J connectivity index is 1.49. The third kappa shape index (κ3) is 6.23. The normalized spacial score (nSPS) is 18.5. The molecule has 0 spiro atoms. The van der Waals surface area contributed by atoms with E-state index in [1.807, 2.05) is 6.07 Å². The summed E-state index contributed by atoms with van der Waals surface area (Å²) in [6.45, 7) is 7.98. The fraction of sp³-hybridized carbons (Fsp3) is 0.600. The van der Waals surface area contributed by atoms with E-state index in [1.165, 1.54) is 0 Å². The van der Waals surface area contributed by atoms with Gasteiger partial charge in [0.25, 0.3) is 0 Å². The van der Waals surface area contributed by atoms with Gasteiger partial charge >= 0.3 is 0 Å². The van der Waals surface area contributed by atoms with Crippen LogP contribution in [0.2, 0.25) is 5.02 Å². The van der Waals surface area contributed by atoms with Crippen molar-refractivity contribution in [1.29, 1.82) is 0 Å². The zero-order chi connectivity index (χ0) is 23.9. The fourth-order valence-electron chi connectivity index (χ4n) is 4.72. The molecule has 1 atom stereocenters. The number of benzene rings is 1. The first-order valence-electron chi connectivity index (χ1n) is 12.3. The van der Waals surface area contributed by atoms with Gasteiger partial charge in [-0.3, -0.25) is 0 Å². The smallest absolute Gasteiger partial charge is 0.229 e. The minimum absolute atomic E-state index is 0.312. The minimum atomic E-state index is 0.312. The summed E-state index contributed by atoms with van der Waals surface area (Å²) in [6, 6.07) is 6.53. The molecule has 0 amide bonds. The molecule has 9 heteroatoms. The van der Waals surface area contributed by atoms with Gasteiger partial charge in [-0.1, -0.05) is 24.9 Å². The van der Waals surface area contributed by atoms with Crippen molar-refractivity contribution in [1.82, 2.24) is 14.9 Å². The zero-order valence-corrected chi connectivity index (χ0v) is 21.3. The van der Waals surface area contributed by atoms with Crippen LogP contribution in [-0.2, 0) is 4.74 Å². The highest BCUT2D eigenvalue weighted by Gasteiger charge is 2.25. The van der Waals surface area contributed by atoms with Crippen LogP contribution >= 0.6 is 11.6 Å². The standard InChI is InChI=1S/C25H37ClN6O2/c1-4-5-21(18-8-14-34-15-9-18)28-24-20(26)17-27-25(30-24)29-22-7-6-19(16-23(22)33-3)32-12-10-31(2)11-13-32/h6-7,16-18,21H,4-5,8-15H2,1-3H3,(H2,27,28,29,30)/t21-/m1/s1. The number of ether oxygens (including phenoxy) is 2. The fourth-order valence-corrected chi connectivity index (χ4v) is 4.87. The molecule has 1 aromatic heterocycles. The Hall–Kier alpha value is -2.29. The first kappa shape index (κ1) is 24.8. The van der Waals surface area contributed by atoms with E-state index in [0.29, 0.717) is 28.7 Å². The molecule has 2 N–H and O–H groups in total. The number of methoxy groups -OCH3 is 1. The van der Waals surface area contributed by atoms with E-state index in [9.17, 15) is 0 Å². The summed E-state index contributed by atoms with van der Waals surface area (Å²) in [7, 11) is 3.85. The molecule has 0 unspecified atom stereocenters. The molecule has 2 fully saturated rings. The van der Waals surface area contributed by atoms with E-state index in [-0.39, 0.29) is 0 Å². The lowest BCUT2D eigenvalue weighted by molar-refractivity contribution is 0.0596. The topological polar surface area (TPSA) is 74.8 Å². The van der Waals surface area contributed by atoms with Crippen molar-refractivity contribution >= 4 is 34.7 Å². The molecule has 0 saturated carbocycles. The molecule has 1 aromatic carbocycles. The largest absolute Gasteiger partial charge is 0.494 e. The Labute approximate surface area is 208 Å². The van der Waals surface area contributed by atoms with Crippen LogP contribution in [0, 0.1) is 5.92 Å². The van der Waals surface area contributed by atoms with Crippen LogP contribution in [0.3, 0.4) is 0 Å². The Morgan fingerprint density at radius 3 is 2.68 bits per heavy atom. The van der Waals surface area contributed by atoms with E-state index in [2.05, 4.69) is 51.5 Å². The van der Waals surface area contributed by atoms with Crippen LogP contribution in [-0.4, -0.2) is 74.5 Å². The Morgan fingerprint density at radius 2 is 1.97 bits per heavy atom. The Kier molecular flexibility index (Phi) is 8.69. The van der Waals surface area contributed by atoms with Crippen LogP contribution in [0.15, 0.2) is 24.4 Å². The lowest BCUT2D eigenvalue weighted by Crippen LogP contribution is -2.44. The van der Waals surface area contributed by atoms with E-state index in [4.69, 9.17) is 26.1 Å². The monoisotopic (exact) mass is 488 g/mol. The summed E-state index contributed by atoms with van der Waals surface area (Å²) in [6.07, 6.45) is 5.93. The number of hydrogen-bond donors (Lipinski definition) is 2. The molecule has 2 aliphatic rings. The van der Waals surface area contributed by atoms with Gasteiger partial charge in [0.05, 0.1) is 19.0 Å². The summed E-state index contributed by atoms with van der Waals surface area (Å²) in [4.78, 5) is 13.9. The van der Waals surface area contributed by atoms with Gasteiger partial charge in [-0.15, -0.1) is 0 Å². The Morgan fingerprint density at radius 1 is 1.21 bits per heavy atom. The Bertz CT molecular complexity index is 932. The molecule has 0 bridgehead atoms. The van der Waals surface area contributed by atoms with Gasteiger partial charge in [0.2, 0.25) is 5.95 Å². The van der Waals surface area contributed by atoms with Crippen molar-refractivity contribution in [2.45, 2.75) is 38.6 Å². The lowest BCUT2D eigenvalue weighted by Gasteiger charge is -2.34. The number of nitrogens with zero attached hydrogens (tertiary/aromatic N) is 4. The number of hydrogen-bond acceptors (Lipinski definition) is 8. The molecule has 0 aliphatic carbocycles. The number of rotatable bonds is 9. The second-order valence-electron chi connectivity index (χ2n) is 9.18. The first-order chi connectivity index (χ1) is 16.6. The van der Waals surface area contributed by atoms with Crippen molar-refractivity contribution in [3.63, 3.8) is 0 Å². The average Bonchev–Trinajstić information content (AvgIpc) is 2.87. The van der Waals surface area contributed by atoms with Crippen molar-refractivity contribution in [2.75, 3.05) is 69.1 Å². The lowest BCUT2D eigenvalue weighted by atomic mass is 9.89. The molecular formula is C25H37ClN6O2. The minimum Gasteiger partial charge on any atom is -0.494 e. The van der Waals surface area contributed by atoms with Crippen LogP contribution in [0.4, 0.5) is 23.1 Å². The molecule has 2 aliphatic heterocycles.